The molecule has 1 heteroatoms. The van der Waals surface area contributed by atoms with Gasteiger partial charge in [-0.25, -0.2) is 0 Å². The third-order valence-corrected chi connectivity index (χ3v) is 5.46. The predicted molar refractivity (Wildman–Crippen MR) is 123 cm³/mol. The minimum absolute atomic E-state index is 1.19. The summed E-state index contributed by atoms with van der Waals surface area (Å²) in [6.45, 7) is 2.12. The van der Waals surface area contributed by atoms with Crippen molar-refractivity contribution in [2.24, 2.45) is 0 Å². The zero-order chi connectivity index (χ0) is 19.6. The number of hydrogen-bond donors (Lipinski definition) is 0. The number of aromatic nitrogens is 1. The summed E-state index contributed by atoms with van der Waals surface area (Å²) in [5.74, 6) is 0. The summed E-state index contributed by atoms with van der Waals surface area (Å²) in [5, 5.41) is 2.52. The lowest BCUT2D eigenvalue weighted by Crippen LogP contribution is -1.83. The van der Waals surface area contributed by atoms with Crippen molar-refractivity contribution in [1.82, 2.24) is 4.98 Å². The lowest BCUT2D eigenvalue weighted by molar-refractivity contribution is 1.33. The van der Waals surface area contributed by atoms with Gasteiger partial charge in [0.25, 0.3) is 0 Å². The number of fused-ring (bicyclic) bond motifs is 1. The van der Waals surface area contributed by atoms with Gasteiger partial charge in [-0.2, -0.15) is 0 Å². The molecule has 0 bridgehead atoms. The Bertz CT molecular complexity index is 1270. The van der Waals surface area contributed by atoms with Gasteiger partial charge in [0, 0.05) is 12.4 Å². The Kier molecular flexibility index (Phi) is 4.42. The first-order valence-electron chi connectivity index (χ1n) is 9.88. The van der Waals surface area contributed by atoms with Gasteiger partial charge in [-0.3, -0.25) is 4.98 Å². The largest absolute Gasteiger partial charge is 0.265 e. The summed E-state index contributed by atoms with van der Waals surface area (Å²) in [5.41, 5.74) is 8.66. The van der Waals surface area contributed by atoms with Gasteiger partial charge in [0.1, 0.15) is 0 Å². The Morgan fingerprint density at radius 2 is 0.793 bits per heavy atom. The average molecular weight is 371 g/mol. The van der Waals surface area contributed by atoms with Crippen LogP contribution >= 0.6 is 0 Å². The summed E-state index contributed by atoms with van der Waals surface area (Å²) in [6.07, 6.45) is 3.66. The van der Waals surface area contributed by atoms with Crippen molar-refractivity contribution in [3.8, 4) is 33.4 Å². The molecule has 0 aliphatic heterocycles. The zero-order valence-corrected chi connectivity index (χ0v) is 16.3. The van der Waals surface area contributed by atoms with Crippen LogP contribution < -0.4 is 0 Å². The van der Waals surface area contributed by atoms with E-state index < -0.39 is 0 Å². The van der Waals surface area contributed by atoms with Crippen LogP contribution in [0.4, 0.5) is 0 Å². The fraction of sp³-hybridized carbons (Fsp3) is 0.0357. The minimum Gasteiger partial charge on any atom is -0.265 e. The molecule has 0 unspecified atom stereocenters. The highest BCUT2D eigenvalue weighted by atomic mass is 14.6. The van der Waals surface area contributed by atoms with Crippen LogP contribution in [0.15, 0.2) is 109 Å². The molecule has 0 N–H and O–H groups in total. The Morgan fingerprint density at radius 1 is 0.414 bits per heavy atom. The van der Waals surface area contributed by atoms with Gasteiger partial charge >= 0.3 is 0 Å². The first-order valence-corrected chi connectivity index (χ1v) is 9.88. The second-order valence-corrected chi connectivity index (χ2v) is 7.46. The summed E-state index contributed by atoms with van der Waals surface area (Å²) in [4.78, 5) is 4.09. The molecule has 0 spiro atoms. The fourth-order valence-corrected chi connectivity index (χ4v) is 3.75. The molecule has 0 aliphatic carbocycles. The molecule has 0 saturated heterocycles. The van der Waals surface area contributed by atoms with Crippen LogP contribution in [0.2, 0.25) is 0 Å². The molecule has 1 nitrogen and oxygen atoms in total. The van der Waals surface area contributed by atoms with E-state index in [2.05, 4.69) is 96.8 Å². The maximum absolute atomic E-state index is 4.09. The maximum atomic E-state index is 4.09. The van der Waals surface area contributed by atoms with Crippen LogP contribution in [-0.4, -0.2) is 4.98 Å². The second kappa shape index (κ2) is 7.37. The van der Waals surface area contributed by atoms with Crippen LogP contribution in [0.5, 0.6) is 0 Å². The normalized spacial score (nSPS) is 10.9. The van der Waals surface area contributed by atoms with Crippen molar-refractivity contribution in [3.05, 3.63) is 115 Å². The highest BCUT2D eigenvalue weighted by molar-refractivity contribution is 5.91. The zero-order valence-electron chi connectivity index (χ0n) is 16.3. The molecule has 0 radical (unpaired) electrons. The third-order valence-electron chi connectivity index (χ3n) is 5.46. The average Bonchev–Trinajstić information content (AvgIpc) is 2.80. The number of rotatable bonds is 3. The number of pyridine rings is 1. The van der Waals surface area contributed by atoms with Crippen LogP contribution in [0.1, 0.15) is 5.56 Å². The number of hydrogen-bond acceptors (Lipinski definition) is 1. The predicted octanol–water partition coefficient (Wildman–Crippen LogP) is 7.54. The van der Waals surface area contributed by atoms with Crippen LogP contribution in [0.25, 0.3) is 44.2 Å². The molecule has 0 aliphatic rings. The van der Waals surface area contributed by atoms with Gasteiger partial charge in [-0.1, -0.05) is 78.4 Å². The topological polar surface area (TPSA) is 12.9 Å². The van der Waals surface area contributed by atoms with Gasteiger partial charge in [0.05, 0.1) is 0 Å². The van der Waals surface area contributed by atoms with Gasteiger partial charge in [-0.05, 0) is 75.3 Å². The van der Waals surface area contributed by atoms with Gasteiger partial charge in [0.2, 0.25) is 0 Å². The van der Waals surface area contributed by atoms with E-state index in [0.717, 1.165) is 0 Å². The first-order chi connectivity index (χ1) is 14.3. The molecule has 0 saturated carbocycles. The van der Waals surface area contributed by atoms with E-state index in [0.29, 0.717) is 0 Å². The summed E-state index contributed by atoms with van der Waals surface area (Å²) < 4.78 is 0. The number of benzene rings is 4. The molecule has 5 aromatic rings. The van der Waals surface area contributed by atoms with E-state index in [1.165, 1.54) is 49.7 Å². The smallest absolute Gasteiger partial charge is 0.0273 e. The van der Waals surface area contributed by atoms with Gasteiger partial charge in [-0.15, -0.1) is 0 Å². The molecule has 0 atom stereocenters. The lowest BCUT2D eigenvalue weighted by Gasteiger charge is -2.08. The van der Waals surface area contributed by atoms with Crippen LogP contribution in [0, 0.1) is 6.92 Å². The third kappa shape index (κ3) is 3.55. The SMILES string of the molecule is Cc1ccc(-c2ccc3cc(-c4ccc(-c5ccncc5)cc4)ccc3c2)cc1. The molecular formula is C28H21N. The summed E-state index contributed by atoms with van der Waals surface area (Å²) >= 11 is 0. The van der Waals surface area contributed by atoms with Crippen molar-refractivity contribution < 1.29 is 0 Å². The summed E-state index contributed by atoms with van der Waals surface area (Å²) in [6, 6.07) is 34.9. The van der Waals surface area contributed by atoms with Crippen molar-refractivity contribution in [2.75, 3.05) is 0 Å². The van der Waals surface area contributed by atoms with E-state index in [1.807, 2.05) is 24.5 Å². The first kappa shape index (κ1) is 17.4. The Balaban J connectivity index is 1.47. The molecular weight excluding hydrogens is 350 g/mol. The molecule has 0 amide bonds. The maximum Gasteiger partial charge on any atom is 0.0273 e. The van der Waals surface area contributed by atoms with E-state index in [4.69, 9.17) is 0 Å². The minimum atomic E-state index is 1.19. The monoisotopic (exact) mass is 371 g/mol. The van der Waals surface area contributed by atoms with Crippen molar-refractivity contribution in [3.63, 3.8) is 0 Å². The quantitative estimate of drug-likeness (QED) is 0.319. The van der Waals surface area contributed by atoms with E-state index in [9.17, 15) is 0 Å². The van der Waals surface area contributed by atoms with Crippen molar-refractivity contribution in [2.45, 2.75) is 6.92 Å². The second-order valence-electron chi connectivity index (χ2n) is 7.46. The number of aryl methyl sites for hydroxylation is 1. The summed E-state index contributed by atoms with van der Waals surface area (Å²) in [7, 11) is 0. The molecule has 4 aromatic carbocycles. The Hall–Kier alpha value is -3.71. The lowest BCUT2D eigenvalue weighted by atomic mass is 9.96. The van der Waals surface area contributed by atoms with Gasteiger partial charge < -0.3 is 0 Å². The molecule has 5 rings (SSSR count). The van der Waals surface area contributed by atoms with E-state index in [1.54, 1.807) is 0 Å². The molecule has 1 heterocycles. The highest BCUT2D eigenvalue weighted by Crippen LogP contribution is 2.30. The highest BCUT2D eigenvalue weighted by Gasteiger charge is 2.04. The van der Waals surface area contributed by atoms with Crippen molar-refractivity contribution >= 4 is 10.8 Å². The van der Waals surface area contributed by atoms with Crippen LogP contribution in [-0.2, 0) is 0 Å². The van der Waals surface area contributed by atoms with E-state index in [-0.39, 0.29) is 0 Å². The van der Waals surface area contributed by atoms with E-state index >= 15 is 0 Å². The standard InChI is InChI=1S/C28H21N/c1-20-2-4-22(5-3-20)25-10-12-28-19-26(11-13-27(28)18-25)23-8-6-21(7-9-23)24-14-16-29-17-15-24/h2-19H,1H3. The van der Waals surface area contributed by atoms with Crippen molar-refractivity contribution in [1.29, 1.82) is 0 Å². The Morgan fingerprint density at radius 3 is 1.31 bits per heavy atom. The molecule has 0 fully saturated rings. The number of nitrogens with zero attached hydrogens (tertiary/aromatic N) is 1. The van der Waals surface area contributed by atoms with Gasteiger partial charge in [0.15, 0.2) is 0 Å². The fourth-order valence-electron chi connectivity index (χ4n) is 3.75. The molecule has 29 heavy (non-hydrogen) atoms. The molecule has 138 valence electrons. The molecule has 1 aromatic heterocycles. The Labute approximate surface area is 171 Å². The van der Waals surface area contributed by atoms with Crippen LogP contribution in [0.3, 0.4) is 0 Å².